The topological polar surface area (TPSA) is 3.88 Å². The zero-order chi connectivity index (χ0) is 8.32. The monoisotopic (exact) mass is 166 g/mol. The van der Waals surface area contributed by atoms with Crippen LogP contribution in [0.3, 0.4) is 0 Å². The first-order chi connectivity index (χ1) is 5.08. The zero-order valence-electron chi connectivity index (χ0n) is 7.54. The highest BCUT2D eigenvalue weighted by molar-refractivity contribution is 6.74. The normalized spacial score (nSPS) is 11.5. The van der Waals surface area contributed by atoms with Crippen LogP contribution < -0.4 is 4.57 Å². The van der Waals surface area contributed by atoms with Crippen molar-refractivity contribution in [2.45, 2.75) is 25.8 Å². The van der Waals surface area contributed by atoms with Gasteiger partial charge in [0.2, 0.25) is 0 Å². The molecule has 0 radical (unpaired) electrons. The van der Waals surface area contributed by atoms with E-state index < -0.39 is 8.07 Å². The highest BCUT2D eigenvalue weighted by Crippen LogP contribution is 1.98. The number of hydrogen-bond donors (Lipinski definition) is 0. The third-order valence-electron chi connectivity index (χ3n) is 1.43. The van der Waals surface area contributed by atoms with Crippen LogP contribution in [0.15, 0.2) is 30.6 Å². The van der Waals surface area contributed by atoms with Gasteiger partial charge in [-0.15, -0.1) is 0 Å². The number of hydrogen-bond acceptors (Lipinski definition) is 0. The second kappa shape index (κ2) is 3.18. The highest BCUT2D eigenvalue weighted by Gasteiger charge is 2.18. The first-order valence-corrected chi connectivity index (χ1v) is 7.73. The van der Waals surface area contributed by atoms with Crippen molar-refractivity contribution in [1.29, 1.82) is 0 Å². The lowest BCUT2D eigenvalue weighted by molar-refractivity contribution is -0.680. The molecule has 0 aliphatic carbocycles. The molecule has 0 N–H and O–H groups in total. The van der Waals surface area contributed by atoms with Gasteiger partial charge in [0, 0.05) is 12.1 Å². The molecule has 1 aromatic rings. The van der Waals surface area contributed by atoms with E-state index in [1.165, 1.54) is 6.17 Å². The molecule has 0 spiro atoms. The lowest BCUT2D eigenvalue weighted by Crippen LogP contribution is -2.45. The summed E-state index contributed by atoms with van der Waals surface area (Å²) in [6.07, 6.45) is 5.49. The van der Waals surface area contributed by atoms with Gasteiger partial charge < -0.3 is 0 Å². The number of nitrogens with zero attached hydrogens (tertiary/aromatic N) is 1. The lowest BCUT2D eigenvalue weighted by atomic mass is 10.5. The quantitative estimate of drug-likeness (QED) is 0.466. The van der Waals surface area contributed by atoms with Crippen molar-refractivity contribution in [3.05, 3.63) is 30.6 Å². The minimum absolute atomic E-state index is 0.935. The molecule has 1 aromatic heterocycles. The Kier molecular flexibility index (Phi) is 2.44. The summed E-state index contributed by atoms with van der Waals surface area (Å²) in [5.41, 5.74) is 0. The van der Waals surface area contributed by atoms with Gasteiger partial charge in [0.25, 0.3) is 0 Å². The Morgan fingerprint density at radius 3 is 2.00 bits per heavy atom. The van der Waals surface area contributed by atoms with Crippen LogP contribution >= 0.6 is 0 Å². The molecule has 0 unspecified atom stereocenters. The average molecular weight is 166 g/mol. The van der Waals surface area contributed by atoms with E-state index in [0.29, 0.717) is 0 Å². The number of rotatable bonds is 2. The predicted molar refractivity (Wildman–Crippen MR) is 50.0 cm³/mol. The number of aromatic nitrogens is 1. The van der Waals surface area contributed by atoms with Gasteiger partial charge in [-0.3, -0.25) is 0 Å². The van der Waals surface area contributed by atoms with E-state index >= 15 is 0 Å². The van der Waals surface area contributed by atoms with Gasteiger partial charge >= 0.3 is 0 Å². The summed E-state index contributed by atoms with van der Waals surface area (Å²) in [7, 11) is -0.935. The minimum Gasteiger partial charge on any atom is -0.209 e. The van der Waals surface area contributed by atoms with Crippen molar-refractivity contribution in [3.63, 3.8) is 0 Å². The molecule has 0 aliphatic rings. The third-order valence-corrected chi connectivity index (χ3v) is 2.75. The second-order valence-corrected chi connectivity index (χ2v) is 9.55. The van der Waals surface area contributed by atoms with Crippen LogP contribution in [0.1, 0.15) is 0 Å². The molecule has 0 bridgehead atoms. The molecule has 11 heavy (non-hydrogen) atoms. The van der Waals surface area contributed by atoms with Crippen LogP contribution in [0.2, 0.25) is 19.6 Å². The molecule has 1 rings (SSSR count). The fraction of sp³-hybridized carbons (Fsp3) is 0.444. The van der Waals surface area contributed by atoms with Crippen molar-refractivity contribution >= 4 is 8.07 Å². The van der Waals surface area contributed by atoms with Crippen molar-refractivity contribution in [1.82, 2.24) is 0 Å². The molecule has 60 valence electrons. The van der Waals surface area contributed by atoms with Crippen molar-refractivity contribution in [2.75, 3.05) is 0 Å². The SMILES string of the molecule is C[Si](C)(C)C[n+]1ccccc1. The van der Waals surface area contributed by atoms with Crippen molar-refractivity contribution < 1.29 is 4.57 Å². The van der Waals surface area contributed by atoms with Crippen LogP contribution in [0, 0.1) is 0 Å². The largest absolute Gasteiger partial charge is 0.209 e. The van der Waals surface area contributed by atoms with Crippen molar-refractivity contribution in [3.8, 4) is 0 Å². The van der Waals surface area contributed by atoms with Gasteiger partial charge in [0.05, 0.1) is 0 Å². The number of pyridine rings is 1. The van der Waals surface area contributed by atoms with Crippen LogP contribution in [-0.2, 0) is 6.17 Å². The summed E-state index contributed by atoms with van der Waals surface area (Å²) in [6.45, 7) is 7.15. The van der Waals surface area contributed by atoms with Crippen LogP contribution in [0.25, 0.3) is 0 Å². The smallest absolute Gasteiger partial charge is 0.168 e. The van der Waals surface area contributed by atoms with Gasteiger partial charge in [-0.2, -0.15) is 0 Å². The Morgan fingerprint density at radius 1 is 1.00 bits per heavy atom. The van der Waals surface area contributed by atoms with Crippen LogP contribution in [0.5, 0.6) is 0 Å². The maximum Gasteiger partial charge on any atom is 0.168 e. The van der Waals surface area contributed by atoms with E-state index in [2.05, 4.69) is 54.8 Å². The molecule has 0 saturated carbocycles. The van der Waals surface area contributed by atoms with E-state index in [4.69, 9.17) is 0 Å². The molecule has 2 heteroatoms. The Hall–Kier alpha value is -0.633. The minimum atomic E-state index is -0.935. The molecule has 0 aliphatic heterocycles. The molecule has 0 atom stereocenters. The Balaban J connectivity index is 2.66. The van der Waals surface area contributed by atoms with E-state index in [-0.39, 0.29) is 0 Å². The van der Waals surface area contributed by atoms with Crippen LogP contribution in [0.4, 0.5) is 0 Å². The van der Waals surface area contributed by atoms with Gasteiger partial charge in [-0.25, -0.2) is 4.57 Å². The summed E-state index contributed by atoms with van der Waals surface area (Å²) >= 11 is 0. The summed E-state index contributed by atoms with van der Waals surface area (Å²) < 4.78 is 2.27. The third kappa shape index (κ3) is 3.32. The second-order valence-electron chi connectivity index (χ2n) is 4.11. The van der Waals surface area contributed by atoms with E-state index in [1.54, 1.807) is 0 Å². The van der Waals surface area contributed by atoms with Crippen molar-refractivity contribution in [2.24, 2.45) is 0 Å². The molecule has 0 amide bonds. The van der Waals surface area contributed by atoms with Gasteiger partial charge in [0.15, 0.2) is 12.4 Å². The molecule has 0 fully saturated rings. The van der Waals surface area contributed by atoms with E-state index in [0.717, 1.165) is 0 Å². The Labute approximate surface area is 69.7 Å². The van der Waals surface area contributed by atoms with E-state index in [9.17, 15) is 0 Å². The molecule has 1 heterocycles. The molecule has 1 nitrogen and oxygen atoms in total. The summed E-state index contributed by atoms with van der Waals surface area (Å²) in [6, 6.07) is 6.22. The molecule has 0 saturated heterocycles. The van der Waals surface area contributed by atoms with E-state index in [1.807, 2.05) is 0 Å². The molecular weight excluding hydrogens is 150 g/mol. The van der Waals surface area contributed by atoms with Gasteiger partial charge in [0.1, 0.15) is 14.2 Å². The maximum absolute atomic E-state index is 2.38. The molecule has 0 aromatic carbocycles. The first kappa shape index (κ1) is 8.46. The highest BCUT2D eigenvalue weighted by atomic mass is 28.3. The Bertz CT molecular complexity index is 213. The summed E-state index contributed by atoms with van der Waals surface area (Å²) in [4.78, 5) is 0. The predicted octanol–water partition coefficient (Wildman–Crippen LogP) is 1.85. The van der Waals surface area contributed by atoms with Gasteiger partial charge in [-0.1, -0.05) is 25.7 Å². The lowest BCUT2D eigenvalue weighted by Gasteiger charge is -2.09. The summed E-state index contributed by atoms with van der Waals surface area (Å²) in [5.74, 6) is 0. The maximum atomic E-state index is 2.38. The Morgan fingerprint density at radius 2 is 1.55 bits per heavy atom. The zero-order valence-corrected chi connectivity index (χ0v) is 8.54. The molecular formula is C9H16NSi+. The fourth-order valence-corrected chi connectivity index (χ4v) is 2.39. The average Bonchev–Trinajstić information content (AvgIpc) is 1.85. The fourth-order valence-electron chi connectivity index (χ4n) is 1.09. The van der Waals surface area contributed by atoms with Gasteiger partial charge in [-0.05, 0) is 0 Å². The summed E-state index contributed by atoms with van der Waals surface area (Å²) in [5, 5.41) is 0. The van der Waals surface area contributed by atoms with Crippen LogP contribution in [-0.4, -0.2) is 8.07 Å². The first-order valence-electron chi connectivity index (χ1n) is 4.02. The standard InChI is InChI=1S/C9H16NSi/c1-11(2,3)9-10-7-5-4-6-8-10/h4-8H,9H2,1-3H3/q+1.